The van der Waals surface area contributed by atoms with E-state index in [0.29, 0.717) is 17.9 Å². The van der Waals surface area contributed by atoms with Crippen LogP contribution in [0.3, 0.4) is 0 Å². The highest BCUT2D eigenvalue weighted by Gasteiger charge is 2.19. The molecule has 0 aliphatic carbocycles. The topological polar surface area (TPSA) is 153 Å². The SMILES string of the molecule is CC(C)c1nccc(C(C)CCOc2ncc(NC(=O)c3ncc(-c4ccccc4)o3)cc2S(=O)O)c1N. The molecule has 38 heavy (non-hydrogen) atoms. The zero-order valence-electron chi connectivity index (χ0n) is 21.2. The van der Waals surface area contributed by atoms with Gasteiger partial charge < -0.3 is 24.8 Å². The molecular weight excluding hydrogens is 506 g/mol. The number of nitrogens with two attached hydrogens (primary N) is 1. The molecule has 198 valence electrons. The van der Waals surface area contributed by atoms with E-state index in [4.69, 9.17) is 14.9 Å². The lowest BCUT2D eigenvalue weighted by Gasteiger charge is -2.18. The number of rotatable bonds is 10. The molecule has 10 nitrogen and oxygen atoms in total. The van der Waals surface area contributed by atoms with Crippen molar-refractivity contribution < 1.29 is 22.7 Å². The summed E-state index contributed by atoms with van der Waals surface area (Å²) < 4.78 is 33.1. The van der Waals surface area contributed by atoms with Crippen LogP contribution in [0.15, 0.2) is 70.4 Å². The highest BCUT2D eigenvalue weighted by molar-refractivity contribution is 7.79. The average Bonchev–Trinajstić information content (AvgIpc) is 3.40. The number of anilines is 2. The Morgan fingerprint density at radius 1 is 1.13 bits per heavy atom. The minimum absolute atomic E-state index is 0.00379. The van der Waals surface area contributed by atoms with Crippen molar-refractivity contribution in [3.8, 4) is 17.2 Å². The Hall–Kier alpha value is -4.09. The van der Waals surface area contributed by atoms with Gasteiger partial charge in [-0.05, 0) is 36.0 Å². The summed E-state index contributed by atoms with van der Waals surface area (Å²) in [5.74, 6) is -0.0540. The summed E-state index contributed by atoms with van der Waals surface area (Å²) in [6.07, 6.45) is 5.14. The number of benzene rings is 1. The zero-order chi connectivity index (χ0) is 27.2. The third-order valence-corrected chi connectivity index (χ3v) is 6.61. The second kappa shape index (κ2) is 12.0. The van der Waals surface area contributed by atoms with Gasteiger partial charge in [-0.25, -0.2) is 14.2 Å². The van der Waals surface area contributed by atoms with Crippen molar-refractivity contribution in [1.29, 1.82) is 0 Å². The van der Waals surface area contributed by atoms with E-state index in [9.17, 15) is 13.6 Å². The minimum atomic E-state index is -2.40. The van der Waals surface area contributed by atoms with Crippen molar-refractivity contribution in [2.24, 2.45) is 0 Å². The van der Waals surface area contributed by atoms with E-state index in [1.807, 2.05) is 57.2 Å². The Labute approximate surface area is 223 Å². The second-order valence-corrected chi connectivity index (χ2v) is 9.96. The number of carbonyl (C=O) groups is 1. The predicted octanol–water partition coefficient (Wildman–Crippen LogP) is 5.24. The monoisotopic (exact) mass is 535 g/mol. The number of amides is 1. The van der Waals surface area contributed by atoms with Crippen molar-refractivity contribution in [2.45, 2.75) is 43.9 Å². The van der Waals surface area contributed by atoms with Crippen LogP contribution in [0.1, 0.15) is 61.0 Å². The fourth-order valence-electron chi connectivity index (χ4n) is 3.92. The molecule has 0 saturated heterocycles. The number of oxazole rings is 1. The van der Waals surface area contributed by atoms with Crippen LogP contribution in [0.4, 0.5) is 11.4 Å². The van der Waals surface area contributed by atoms with Gasteiger partial charge >= 0.3 is 5.91 Å². The van der Waals surface area contributed by atoms with Gasteiger partial charge in [-0.15, -0.1) is 0 Å². The van der Waals surface area contributed by atoms with Crippen LogP contribution in [-0.2, 0) is 11.1 Å². The summed E-state index contributed by atoms with van der Waals surface area (Å²) in [5, 5.41) is 2.58. The standard InChI is InChI=1S/C27H29N5O5S/c1-16(2)24-23(28)20(9-11-29-24)17(3)10-12-36-26-22(38(34)35)13-19(14-30-26)32-25(33)27-31-15-21(37-27)18-7-5-4-6-8-18/h4-9,11,13-17H,10,12,28H2,1-3H3,(H,32,33)(H,34,35). The molecule has 2 atom stereocenters. The van der Waals surface area contributed by atoms with Crippen molar-refractivity contribution in [3.05, 3.63) is 78.2 Å². The Morgan fingerprint density at radius 2 is 1.89 bits per heavy atom. The molecule has 3 heterocycles. The summed E-state index contributed by atoms with van der Waals surface area (Å²) in [7, 11) is 0. The maximum absolute atomic E-state index is 12.6. The van der Waals surface area contributed by atoms with Crippen LogP contribution < -0.4 is 15.8 Å². The van der Waals surface area contributed by atoms with Gasteiger partial charge in [0.2, 0.25) is 5.88 Å². The molecule has 0 bridgehead atoms. The van der Waals surface area contributed by atoms with Gasteiger partial charge in [-0.3, -0.25) is 9.78 Å². The molecule has 1 aromatic carbocycles. The first-order valence-corrected chi connectivity index (χ1v) is 13.2. The number of hydrogen-bond acceptors (Lipinski definition) is 8. The van der Waals surface area contributed by atoms with Crippen LogP contribution in [0.5, 0.6) is 5.88 Å². The number of ether oxygens (including phenoxy) is 1. The molecule has 0 aliphatic rings. The zero-order valence-corrected chi connectivity index (χ0v) is 22.1. The van der Waals surface area contributed by atoms with Crippen LogP contribution in [0, 0.1) is 0 Å². The molecule has 4 rings (SSSR count). The van der Waals surface area contributed by atoms with Crippen LogP contribution in [0.25, 0.3) is 11.3 Å². The quantitative estimate of drug-likeness (QED) is 0.231. The van der Waals surface area contributed by atoms with Gasteiger partial charge in [-0.2, -0.15) is 0 Å². The van der Waals surface area contributed by atoms with E-state index in [-0.39, 0.29) is 40.8 Å². The molecule has 3 aromatic heterocycles. The lowest BCUT2D eigenvalue weighted by Crippen LogP contribution is -2.13. The molecule has 0 fully saturated rings. The molecule has 0 aliphatic heterocycles. The number of hydrogen-bond donors (Lipinski definition) is 3. The van der Waals surface area contributed by atoms with E-state index in [0.717, 1.165) is 16.8 Å². The molecule has 0 radical (unpaired) electrons. The van der Waals surface area contributed by atoms with Crippen molar-refractivity contribution in [1.82, 2.24) is 15.0 Å². The highest BCUT2D eigenvalue weighted by atomic mass is 32.2. The first kappa shape index (κ1) is 27.0. The first-order chi connectivity index (χ1) is 18.2. The summed E-state index contributed by atoms with van der Waals surface area (Å²) in [6, 6.07) is 12.5. The van der Waals surface area contributed by atoms with Crippen LogP contribution >= 0.6 is 0 Å². The van der Waals surface area contributed by atoms with E-state index in [1.165, 1.54) is 18.5 Å². The number of carbonyl (C=O) groups excluding carboxylic acids is 1. The maximum Gasteiger partial charge on any atom is 0.311 e. The Kier molecular flexibility index (Phi) is 8.49. The number of nitrogen functional groups attached to an aromatic ring is 1. The molecule has 2 unspecified atom stereocenters. The van der Waals surface area contributed by atoms with Crippen LogP contribution in [0.2, 0.25) is 0 Å². The highest BCUT2D eigenvalue weighted by Crippen LogP contribution is 2.30. The summed E-state index contributed by atoms with van der Waals surface area (Å²) in [5.41, 5.74) is 9.81. The van der Waals surface area contributed by atoms with Crippen molar-refractivity contribution in [3.63, 3.8) is 0 Å². The fourth-order valence-corrected chi connectivity index (χ4v) is 4.40. The third kappa shape index (κ3) is 6.24. The molecule has 0 spiro atoms. The summed E-state index contributed by atoms with van der Waals surface area (Å²) >= 11 is -2.40. The smallest absolute Gasteiger partial charge is 0.311 e. The van der Waals surface area contributed by atoms with E-state index in [1.54, 1.807) is 6.20 Å². The average molecular weight is 536 g/mol. The van der Waals surface area contributed by atoms with Gasteiger partial charge in [0, 0.05) is 11.8 Å². The molecule has 1 amide bonds. The summed E-state index contributed by atoms with van der Waals surface area (Å²) in [6.45, 7) is 6.35. The van der Waals surface area contributed by atoms with Gasteiger partial charge in [0.1, 0.15) is 4.90 Å². The number of pyridine rings is 2. The maximum atomic E-state index is 12.6. The lowest BCUT2D eigenvalue weighted by molar-refractivity contribution is 0.0991. The number of nitrogens with zero attached hydrogens (tertiary/aromatic N) is 3. The minimum Gasteiger partial charge on any atom is -0.477 e. The number of aromatic nitrogens is 3. The largest absolute Gasteiger partial charge is 0.477 e. The van der Waals surface area contributed by atoms with E-state index >= 15 is 0 Å². The summed E-state index contributed by atoms with van der Waals surface area (Å²) in [4.78, 5) is 25.1. The molecule has 4 N–H and O–H groups in total. The predicted molar refractivity (Wildman–Crippen MR) is 144 cm³/mol. The van der Waals surface area contributed by atoms with Crippen molar-refractivity contribution >= 4 is 28.4 Å². The lowest BCUT2D eigenvalue weighted by atomic mass is 9.94. The Morgan fingerprint density at radius 3 is 2.61 bits per heavy atom. The molecule has 4 aromatic rings. The molecular formula is C27H29N5O5S. The third-order valence-electron chi connectivity index (χ3n) is 5.94. The van der Waals surface area contributed by atoms with Gasteiger partial charge in [0.15, 0.2) is 16.8 Å². The first-order valence-electron chi connectivity index (χ1n) is 12.0. The van der Waals surface area contributed by atoms with Crippen LogP contribution in [-0.4, -0.2) is 36.2 Å². The van der Waals surface area contributed by atoms with Gasteiger partial charge in [0.25, 0.3) is 5.89 Å². The van der Waals surface area contributed by atoms with E-state index in [2.05, 4.69) is 20.3 Å². The molecule has 0 saturated carbocycles. The second-order valence-electron chi connectivity index (χ2n) is 9.02. The van der Waals surface area contributed by atoms with Gasteiger partial charge in [-0.1, -0.05) is 51.1 Å². The Balaban J connectivity index is 1.41. The Bertz CT molecular complexity index is 1440. The van der Waals surface area contributed by atoms with Gasteiger partial charge in [0.05, 0.1) is 36.1 Å². The number of nitrogens with one attached hydrogen (secondary N) is 1. The molecule has 11 heteroatoms. The fraction of sp³-hybridized carbons (Fsp3) is 0.259. The van der Waals surface area contributed by atoms with E-state index < -0.39 is 17.0 Å². The van der Waals surface area contributed by atoms with Crippen molar-refractivity contribution in [2.75, 3.05) is 17.7 Å². The normalized spacial score (nSPS) is 12.8.